The summed E-state index contributed by atoms with van der Waals surface area (Å²) in [6, 6.07) is 5.48. The Kier molecular flexibility index (Phi) is 7.56. The van der Waals surface area contributed by atoms with Crippen molar-refractivity contribution in [3.8, 4) is 5.75 Å². The second-order valence-corrected chi connectivity index (χ2v) is 9.84. The van der Waals surface area contributed by atoms with E-state index in [9.17, 15) is 30.8 Å². The molecule has 0 fully saturated rings. The molecule has 38 heavy (non-hydrogen) atoms. The van der Waals surface area contributed by atoms with Crippen molar-refractivity contribution in [3.05, 3.63) is 77.0 Å². The van der Waals surface area contributed by atoms with E-state index < -0.39 is 61.2 Å². The van der Waals surface area contributed by atoms with Crippen molar-refractivity contribution in [1.82, 2.24) is 4.98 Å². The highest BCUT2D eigenvalue weighted by Gasteiger charge is 2.35. The molecule has 1 aliphatic heterocycles. The highest BCUT2D eigenvalue weighted by molar-refractivity contribution is 7.92. The lowest BCUT2D eigenvalue weighted by molar-refractivity contribution is -0.137. The third-order valence-electron chi connectivity index (χ3n) is 5.69. The summed E-state index contributed by atoms with van der Waals surface area (Å²) in [6.07, 6.45) is -3.28. The number of carbonyl (C=O) groups excluding carboxylic acids is 1. The summed E-state index contributed by atoms with van der Waals surface area (Å²) in [5, 5.41) is 2.88. The van der Waals surface area contributed by atoms with E-state index in [1.54, 1.807) is 0 Å². The first-order valence-corrected chi connectivity index (χ1v) is 12.5. The van der Waals surface area contributed by atoms with Gasteiger partial charge in [-0.2, -0.15) is 13.2 Å². The van der Waals surface area contributed by atoms with Crippen LogP contribution in [0.1, 0.15) is 27.4 Å². The molecule has 1 unspecified atom stereocenters. The molecule has 2 N–H and O–H groups in total. The van der Waals surface area contributed by atoms with Crippen LogP contribution in [0.5, 0.6) is 5.75 Å². The summed E-state index contributed by atoms with van der Waals surface area (Å²) in [4.78, 5) is 16.8. The number of carbonyl (C=O) groups is 1. The Morgan fingerprint density at radius 2 is 1.84 bits per heavy atom. The lowest BCUT2D eigenvalue weighted by atomic mass is 9.92. The molecule has 2 aromatic carbocycles. The van der Waals surface area contributed by atoms with E-state index in [1.807, 2.05) is 4.72 Å². The first kappa shape index (κ1) is 27.3. The predicted octanol–water partition coefficient (Wildman–Crippen LogP) is 4.60. The van der Waals surface area contributed by atoms with Gasteiger partial charge in [-0.25, -0.2) is 22.2 Å². The molecular weight excluding hydrogens is 537 g/mol. The lowest BCUT2D eigenvalue weighted by Crippen LogP contribution is -2.20. The minimum absolute atomic E-state index is 0.0247. The summed E-state index contributed by atoms with van der Waals surface area (Å²) in [7, 11) is -3.09. The molecule has 3 aromatic rings. The second-order valence-electron chi connectivity index (χ2n) is 8.16. The van der Waals surface area contributed by atoms with Gasteiger partial charge in [-0.05, 0) is 42.5 Å². The number of benzene rings is 2. The number of halogens is 5. The van der Waals surface area contributed by atoms with Gasteiger partial charge in [0.1, 0.15) is 24.0 Å². The average molecular weight is 557 g/mol. The van der Waals surface area contributed by atoms with Crippen molar-refractivity contribution < 1.29 is 44.6 Å². The summed E-state index contributed by atoms with van der Waals surface area (Å²) in [5.41, 5.74) is -2.48. The summed E-state index contributed by atoms with van der Waals surface area (Å²) >= 11 is 0. The Bertz CT molecular complexity index is 1460. The van der Waals surface area contributed by atoms with E-state index in [1.165, 1.54) is 19.4 Å². The largest absolute Gasteiger partial charge is 0.490 e. The number of ketones is 1. The highest BCUT2D eigenvalue weighted by Crippen LogP contribution is 2.37. The molecule has 1 aliphatic rings. The molecule has 0 saturated heterocycles. The number of pyridine rings is 1. The quantitative estimate of drug-likeness (QED) is 0.225. The van der Waals surface area contributed by atoms with Crippen LogP contribution in [-0.4, -0.2) is 46.1 Å². The number of methoxy groups -OCH3 is 1. The lowest BCUT2D eigenvalue weighted by Gasteiger charge is -2.15. The predicted molar refractivity (Wildman–Crippen MR) is 126 cm³/mol. The number of sulfonamides is 1. The number of aromatic nitrogens is 1. The first-order chi connectivity index (χ1) is 17.9. The molecule has 0 saturated carbocycles. The second kappa shape index (κ2) is 10.5. The van der Waals surface area contributed by atoms with E-state index in [-0.39, 0.29) is 13.2 Å². The number of nitrogens with one attached hydrogen (secondary N) is 2. The van der Waals surface area contributed by atoms with Crippen molar-refractivity contribution in [1.29, 1.82) is 0 Å². The SMILES string of the molecule is COCCOc1cnc2c(c1)C(C(=O)c1c(F)ccc(NS(=O)(=O)c3ccc(C(F)(F)F)cc3)c1F)CN2. The van der Waals surface area contributed by atoms with Gasteiger partial charge in [0, 0.05) is 19.2 Å². The number of fused-ring (bicyclic) bond motifs is 1. The van der Waals surface area contributed by atoms with E-state index in [0.29, 0.717) is 54.1 Å². The van der Waals surface area contributed by atoms with Gasteiger partial charge >= 0.3 is 6.18 Å². The van der Waals surface area contributed by atoms with Crippen LogP contribution in [0.4, 0.5) is 33.5 Å². The molecule has 0 bridgehead atoms. The van der Waals surface area contributed by atoms with Crippen LogP contribution in [0.15, 0.2) is 53.6 Å². The molecule has 2 heterocycles. The van der Waals surface area contributed by atoms with Crippen LogP contribution in [0.25, 0.3) is 0 Å². The topological polar surface area (TPSA) is 107 Å². The molecule has 1 atom stereocenters. The Morgan fingerprint density at radius 3 is 2.50 bits per heavy atom. The van der Waals surface area contributed by atoms with E-state index in [0.717, 1.165) is 6.07 Å². The van der Waals surface area contributed by atoms with Crippen LogP contribution in [-0.2, 0) is 20.9 Å². The maximum absolute atomic E-state index is 15.4. The monoisotopic (exact) mass is 557 g/mol. The molecule has 202 valence electrons. The van der Waals surface area contributed by atoms with Gasteiger partial charge in [0.25, 0.3) is 10.0 Å². The number of alkyl halides is 3. The number of anilines is 2. The zero-order chi connectivity index (χ0) is 27.7. The average Bonchev–Trinajstić information content (AvgIpc) is 3.29. The molecule has 0 radical (unpaired) electrons. The molecule has 1 aromatic heterocycles. The summed E-state index contributed by atoms with van der Waals surface area (Å²) in [5.74, 6) is -4.10. The first-order valence-electron chi connectivity index (χ1n) is 11.0. The van der Waals surface area contributed by atoms with E-state index in [2.05, 4.69) is 10.3 Å². The Morgan fingerprint density at radius 1 is 1.13 bits per heavy atom. The minimum Gasteiger partial charge on any atom is -0.490 e. The van der Waals surface area contributed by atoms with Crippen LogP contribution in [0.3, 0.4) is 0 Å². The smallest absolute Gasteiger partial charge is 0.416 e. The van der Waals surface area contributed by atoms with Gasteiger partial charge in [-0.3, -0.25) is 9.52 Å². The van der Waals surface area contributed by atoms with Gasteiger partial charge in [0.05, 0.1) is 40.4 Å². The van der Waals surface area contributed by atoms with Gasteiger partial charge in [-0.15, -0.1) is 0 Å². The molecular formula is C24H20F5N3O5S. The number of nitrogens with zero attached hydrogens (tertiary/aromatic N) is 1. The summed E-state index contributed by atoms with van der Waals surface area (Å²) in [6.45, 7) is 0.472. The van der Waals surface area contributed by atoms with Gasteiger partial charge < -0.3 is 14.8 Å². The standard InChI is InChI=1S/C24H20F5N3O5S/c1-36-8-9-37-14-10-16-17(12-31-23(16)30-11-14)22(33)20-18(25)6-7-19(21(20)26)32-38(34,35)15-4-2-13(3-5-15)24(27,28)29/h2-7,10-11,17,32H,8-9,12H2,1H3,(H,30,31). The molecule has 8 nitrogen and oxygen atoms in total. The van der Waals surface area contributed by atoms with Crippen molar-refractivity contribution in [2.24, 2.45) is 0 Å². The fraction of sp³-hybridized carbons (Fsp3) is 0.250. The third-order valence-corrected chi connectivity index (χ3v) is 7.07. The highest BCUT2D eigenvalue weighted by atomic mass is 32.2. The van der Waals surface area contributed by atoms with E-state index in [4.69, 9.17) is 9.47 Å². The van der Waals surface area contributed by atoms with Gasteiger partial charge in [-0.1, -0.05) is 0 Å². The Balaban J connectivity index is 1.61. The zero-order valence-corrected chi connectivity index (χ0v) is 20.4. The normalized spacial score (nSPS) is 15.1. The van der Waals surface area contributed by atoms with Crippen LogP contribution in [0.2, 0.25) is 0 Å². The number of rotatable bonds is 9. The number of Topliss-reactive ketones (excluding diaryl/α,β-unsaturated/α-hetero) is 1. The maximum Gasteiger partial charge on any atom is 0.416 e. The van der Waals surface area contributed by atoms with Crippen molar-refractivity contribution in [2.75, 3.05) is 36.9 Å². The molecule has 0 amide bonds. The number of hydrogen-bond acceptors (Lipinski definition) is 7. The fourth-order valence-electron chi connectivity index (χ4n) is 3.80. The molecule has 0 aliphatic carbocycles. The van der Waals surface area contributed by atoms with Crippen molar-refractivity contribution in [2.45, 2.75) is 17.0 Å². The zero-order valence-electron chi connectivity index (χ0n) is 19.6. The van der Waals surface area contributed by atoms with Crippen molar-refractivity contribution in [3.63, 3.8) is 0 Å². The Labute approximate surface area is 213 Å². The Hall–Kier alpha value is -3.78. The minimum atomic E-state index is -4.69. The van der Waals surface area contributed by atoms with Crippen molar-refractivity contribution >= 4 is 27.3 Å². The number of ether oxygens (including phenoxy) is 2. The molecule has 14 heteroatoms. The third kappa shape index (κ3) is 5.55. The van der Waals surface area contributed by atoms with Gasteiger partial charge in [0.2, 0.25) is 0 Å². The maximum atomic E-state index is 15.4. The summed E-state index contributed by atoms with van der Waals surface area (Å²) < 4.78 is 106. The van der Waals surface area contributed by atoms with Crippen LogP contribution >= 0.6 is 0 Å². The van der Waals surface area contributed by atoms with Crippen LogP contribution < -0.4 is 14.8 Å². The van der Waals surface area contributed by atoms with Gasteiger partial charge in [0.15, 0.2) is 11.6 Å². The van der Waals surface area contributed by atoms with E-state index >= 15 is 4.39 Å². The molecule has 0 spiro atoms. The van der Waals surface area contributed by atoms with Crippen LogP contribution in [0, 0.1) is 11.6 Å². The fourth-order valence-corrected chi connectivity index (χ4v) is 4.86. The number of hydrogen-bond donors (Lipinski definition) is 2. The molecule has 4 rings (SSSR count).